The first-order valence-electron chi connectivity index (χ1n) is 11.9. The molecule has 3 aromatic rings. The fourth-order valence-corrected chi connectivity index (χ4v) is 6.77. The molecule has 3 fully saturated rings. The van der Waals surface area contributed by atoms with Crippen LogP contribution in [0.4, 0.5) is 5.69 Å². The van der Waals surface area contributed by atoms with E-state index in [-0.39, 0.29) is 35.6 Å². The zero-order valence-electron chi connectivity index (χ0n) is 19.9. The minimum atomic E-state index is -0.215. The van der Waals surface area contributed by atoms with Gasteiger partial charge in [-0.25, -0.2) is 4.98 Å². The second-order valence-electron chi connectivity index (χ2n) is 10.3. The van der Waals surface area contributed by atoms with Crippen LogP contribution in [0.5, 0.6) is 0 Å². The Morgan fingerprint density at radius 2 is 2.06 bits per heavy atom. The lowest BCUT2D eigenvalue weighted by molar-refractivity contribution is -0.143. The maximum Gasteiger partial charge on any atom is 0.234 e. The number of hydrogen-bond donors (Lipinski definition) is 2. The van der Waals surface area contributed by atoms with Gasteiger partial charge in [0.05, 0.1) is 40.0 Å². The molecular formula is C26H26N6O2S. The summed E-state index contributed by atoms with van der Waals surface area (Å²) in [5, 5.41) is 16.6. The molecule has 0 aromatic carbocycles. The highest BCUT2D eigenvalue weighted by atomic mass is 32.1. The van der Waals surface area contributed by atoms with E-state index >= 15 is 0 Å². The van der Waals surface area contributed by atoms with Crippen molar-refractivity contribution in [2.24, 2.45) is 17.3 Å². The van der Waals surface area contributed by atoms with Crippen molar-refractivity contribution in [1.82, 2.24) is 20.2 Å². The number of fused-ring (bicyclic) bond motifs is 2. The van der Waals surface area contributed by atoms with E-state index in [1.165, 1.54) is 16.2 Å². The Hall–Kier alpha value is -3.35. The van der Waals surface area contributed by atoms with Crippen molar-refractivity contribution >= 4 is 39.1 Å². The van der Waals surface area contributed by atoms with Gasteiger partial charge in [0, 0.05) is 29.2 Å². The van der Waals surface area contributed by atoms with Crippen LogP contribution in [-0.4, -0.2) is 45.8 Å². The van der Waals surface area contributed by atoms with Crippen LogP contribution in [0.1, 0.15) is 36.4 Å². The molecule has 3 aliphatic rings. The van der Waals surface area contributed by atoms with E-state index < -0.39 is 0 Å². The number of hydrogen-bond acceptors (Lipinski definition) is 8. The molecule has 3 aromatic heterocycles. The Morgan fingerprint density at radius 3 is 2.74 bits per heavy atom. The smallest absolute Gasteiger partial charge is 0.234 e. The van der Waals surface area contributed by atoms with Crippen molar-refractivity contribution in [3.8, 4) is 17.3 Å². The normalized spacial score (nSPS) is 24.6. The van der Waals surface area contributed by atoms with Crippen LogP contribution < -0.4 is 10.6 Å². The monoisotopic (exact) mass is 486 g/mol. The molecule has 8 nitrogen and oxygen atoms in total. The van der Waals surface area contributed by atoms with Crippen molar-refractivity contribution in [2.75, 3.05) is 18.4 Å². The Balaban J connectivity index is 1.38. The molecule has 2 aliphatic heterocycles. The zero-order valence-corrected chi connectivity index (χ0v) is 20.7. The number of likely N-dealkylation sites (tertiary alicyclic amines) is 1. The quantitative estimate of drug-likeness (QED) is 0.531. The minimum absolute atomic E-state index is 0.0636. The fraction of sp³-hybridized carbons (Fsp3) is 0.423. The predicted octanol–water partition coefficient (Wildman–Crippen LogP) is 3.45. The molecule has 0 radical (unpaired) electrons. The van der Waals surface area contributed by atoms with Crippen molar-refractivity contribution in [2.45, 2.75) is 39.8 Å². The summed E-state index contributed by atoms with van der Waals surface area (Å²) in [5.41, 5.74) is 4.45. The van der Waals surface area contributed by atoms with E-state index in [1.807, 2.05) is 39.0 Å². The van der Waals surface area contributed by atoms with Gasteiger partial charge in [-0.3, -0.25) is 19.5 Å². The number of nitriles is 1. The third-order valence-corrected chi connectivity index (χ3v) is 8.81. The second-order valence-corrected chi connectivity index (χ2v) is 11.5. The van der Waals surface area contributed by atoms with Crippen LogP contribution >= 0.6 is 11.3 Å². The molecule has 3 atom stereocenters. The van der Waals surface area contributed by atoms with E-state index in [9.17, 15) is 14.9 Å². The summed E-state index contributed by atoms with van der Waals surface area (Å²) >= 11 is 1.52. The topological polar surface area (TPSA) is 111 Å². The molecule has 3 unspecified atom stereocenters. The number of imide groups is 1. The Morgan fingerprint density at radius 1 is 1.29 bits per heavy atom. The Kier molecular flexibility index (Phi) is 4.95. The molecule has 2 amide bonds. The largest absolute Gasteiger partial charge is 0.379 e. The van der Waals surface area contributed by atoms with Gasteiger partial charge >= 0.3 is 0 Å². The van der Waals surface area contributed by atoms with E-state index in [0.29, 0.717) is 11.7 Å². The third kappa shape index (κ3) is 3.43. The average Bonchev–Trinajstić information content (AvgIpc) is 3.29. The Bertz CT molecular complexity index is 1410. The van der Waals surface area contributed by atoms with Gasteiger partial charge in [-0.15, -0.1) is 11.3 Å². The zero-order chi connectivity index (χ0) is 24.5. The van der Waals surface area contributed by atoms with E-state index in [1.54, 1.807) is 6.20 Å². The first-order chi connectivity index (χ1) is 16.8. The number of anilines is 1. The van der Waals surface area contributed by atoms with Gasteiger partial charge in [0.2, 0.25) is 11.8 Å². The van der Waals surface area contributed by atoms with Gasteiger partial charge in [0.25, 0.3) is 0 Å². The van der Waals surface area contributed by atoms with Gasteiger partial charge in [0.15, 0.2) is 0 Å². The summed E-state index contributed by atoms with van der Waals surface area (Å²) in [6.07, 6.45) is 2.76. The van der Waals surface area contributed by atoms with Gasteiger partial charge in [-0.05, 0) is 49.1 Å². The van der Waals surface area contributed by atoms with Crippen LogP contribution in [0, 0.1) is 35.5 Å². The van der Waals surface area contributed by atoms with Crippen LogP contribution in [-0.2, 0) is 16.1 Å². The summed E-state index contributed by atoms with van der Waals surface area (Å²) in [4.78, 5) is 37.2. The van der Waals surface area contributed by atoms with Gasteiger partial charge in [-0.2, -0.15) is 5.26 Å². The number of pyridine rings is 2. The highest BCUT2D eigenvalue weighted by molar-refractivity contribution is 7.19. The standard InChI is InChI=1S/C26H26N6O2S/c1-13-8-15(10-27)31-22(21(13)30-14-4-6-28-11-14)17-5-7-29-18-9-16(35-23(17)18)12-32-24(33)19-20(25(32)34)26(19,2)3/h5,7-9,14,19-20,28,30H,4,6,11-12H2,1-3H3. The molecule has 5 heterocycles. The number of aryl methyl sites for hydroxylation is 1. The molecule has 2 N–H and O–H groups in total. The maximum absolute atomic E-state index is 12.8. The molecule has 0 bridgehead atoms. The average molecular weight is 487 g/mol. The lowest BCUT2D eigenvalue weighted by Gasteiger charge is -2.19. The van der Waals surface area contributed by atoms with Crippen molar-refractivity contribution in [1.29, 1.82) is 5.26 Å². The van der Waals surface area contributed by atoms with Crippen LogP contribution in [0.15, 0.2) is 24.4 Å². The van der Waals surface area contributed by atoms with E-state index in [4.69, 9.17) is 4.98 Å². The maximum atomic E-state index is 12.8. The number of piperidine rings is 1. The van der Waals surface area contributed by atoms with Crippen molar-refractivity contribution in [3.63, 3.8) is 0 Å². The minimum Gasteiger partial charge on any atom is -0.379 e. The number of rotatable bonds is 5. The number of nitrogens with one attached hydrogen (secondary N) is 2. The lowest BCUT2D eigenvalue weighted by atomic mass is 10.0. The predicted molar refractivity (Wildman–Crippen MR) is 134 cm³/mol. The number of carbonyl (C=O) groups is 2. The number of nitrogens with zero attached hydrogens (tertiary/aromatic N) is 4. The highest BCUT2D eigenvalue weighted by Gasteiger charge is 2.72. The van der Waals surface area contributed by atoms with Crippen molar-refractivity contribution < 1.29 is 9.59 Å². The van der Waals surface area contributed by atoms with E-state index in [2.05, 4.69) is 21.7 Å². The van der Waals surface area contributed by atoms with Crippen molar-refractivity contribution in [3.05, 3.63) is 40.5 Å². The second kappa shape index (κ2) is 7.83. The number of aromatic nitrogens is 2. The lowest BCUT2D eigenvalue weighted by Crippen LogP contribution is -2.35. The molecule has 35 heavy (non-hydrogen) atoms. The van der Waals surface area contributed by atoms with Crippen LogP contribution in [0.3, 0.4) is 0 Å². The fourth-order valence-electron chi connectivity index (χ4n) is 5.66. The van der Waals surface area contributed by atoms with Crippen LogP contribution in [0.2, 0.25) is 0 Å². The molecule has 2 saturated heterocycles. The summed E-state index contributed by atoms with van der Waals surface area (Å²) in [6.45, 7) is 8.09. The third-order valence-electron chi connectivity index (χ3n) is 7.66. The van der Waals surface area contributed by atoms with Gasteiger partial charge < -0.3 is 10.6 Å². The van der Waals surface area contributed by atoms with Crippen LogP contribution in [0.25, 0.3) is 21.5 Å². The van der Waals surface area contributed by atoms with Gasteiger partial charge in [0.1, 0.15) is 11.8 Å². The summed E-state index contributed by atoms with van der Waals surface area (Å²) in [6, 6.07) is 8.16. The highest BCUT2D eigenvalue weighted by Crippen LogP contribution is 2.63. The first kappa shape index (κ1) is 22.1. The summed E-state index contributed by atoms with van der Waals surface area (Å²) in [5.74, 6) is -0.493. The molecular weight excluding hydrogens is 460 g/mol. The molecule has 178 valence electrons. The SMILES string of the molecule is Cc1cc(C#N)nc(-c2ccnc3cc(CN4C(=O)C5C(C4=O)C5(C)C)sc23)c1NC1CCNC1. The molecule has 6 rings (SSSR count). The molecule has 0 spiro atoms. The molecule has 1 saturated carbocycles. The van der Waals surface area contributed by atoms with Gasteiger partial charge in [-0.1, -0.05) is 13.8 Å². The Labute approximate surface area is 207 Å². The summed E-state index contributed by atoms with van der Waals surface area (Å²) in [7, 11) is 0. The molecule has 9 heteroatoms. The summed E-state index contributed by atoms with van der Waals surface area (Å²) < 4.78 is 0.932. The van der Waals surface area contributed by atoms with E-state index in [0.717, 1.165) is 57.1 Å². The first-order valence-corrected chi connectivity index (χ1v) is 12.7. The number of amides is 2. The molecule has 1 aliphatic carbocycles. The number of carbonyl (C=O) groups excluding carboxylic acids is 2. The number of thiophene rings is 1.